The average Bonchev–Trinajstić information content (AvgIpc) is 2.47. The zero-order chi connectivity index (χ0) is 13.1. The number of hydrogen-bond donors (Lipinski definition) is 2. The number of nitrogens with two attached hydrogens (primary N) is 1. The fraction of sp³-hybridized carbons (Fsp3) is 0.727. The molecule has 1 aliphatic heterocycles. The van der Waals surface area contributed by atoms with Crippen molar-refractivity contribution in [3.05, 3.63) is 0 Å². The van der Waals surface area contributed by atoms with Gasteiger partial charge in [-0.25, -0.2) is 4.79 Å². The summed E-state index contributed by atoms with van der Waals surface area (Å²) in [5.41, 5.74) is 4.64. The molecule has 0 aliphatic carbocycles. The molecular formula is C11H19N3O2S. The van der Waals surface area contributed by atoms with Crippen molar-refractivity contribution in [2.75, 3.05) is 6.54 Å². The van der Waals surface area contributed by atoms with Gasteiger partial charge in [-0.05, 0) is 32.6 Å². The van der Waals surface area contributed by atoms with E-state index in [1.165, 1.54) is 4.90 Å². The van der Waals surface area contributed by atoms with Gasteiger partial charge >= 0.3 is 6.03 Å². The fourth-order valence-electron chi connectivity index (χ4n) is 1.76. The predicted octanol–water partition coefficient (Wildman–Crippen LogP) is 1.16. The maximum absolute atomic E-state index is 12.0. The van der Waals surface area contributed by atoms with Gasteiger partial charge in [-0.15, -0.1) is 0 Å². The summed E-state index contributed by atoms with van der Waals surface area (Å²) in [6.45, 7) is 4.07. The van der Waals surface area contributed by atoms with Gasteiger partial charge in [0.15, 0.2) is 0 Å². The van der Waals surface area contributed by atoms with Crippen LogP contribution in [0.5, 0.6) is 0 Å². The van der Waals surface area contributed by atoms with E-state index in [1.54, 1.807) is 6.92 Å². The number of unbranched alkanes of at least 4 members (excludes halogenated alkanes) is 1. The van der Waals surface area contributed by atoms with Crippen molar-refractivity contribution in [1.82, 2.24) is 10.2 Å². The number of carbonyl (C=O) groups excluding carboxylic acids is 2. The minimum absolute atomic E-state index is 0.139. The Kier molecular flexibility index (Phi) is 4.45. The molecular weight excluding hydrogens is 238 g/mol. The Bertz CT molecular complexity index is 346. The minimum atomic E-state index is -0.736. The van der Waals surface area contributed by atoms with Gasteiger partial charge in [0.2, 0.25) is 0 Å². The molecule has 3 amide bonds. The van der Waals surface area contributed by atoms with E-state index in [0.29, 0.717) is 24.4 Å². The van der Waals surface area contributed by atoms with Gasteiger partial charge in [-0.1, -0.05) is 19.1 Å². The number of carbonyl (C=O) groups is 2. The van der Waals surface area contributed by atoms with Crippen LogP contribution in [-0.4, -0.2) is 33.9 Å². The molecule has 0 aromatic carbocycles. The summed E-state index contributed by atoms with van der Waals surface area (Å²) in [7, 11) is 0. The summed E-state index contributed by atoms with van der Waals surface area (Å²) in [5.74, 6) is -0.139. The first-order chi connectivity index (χ1) is 7.90. The van der Waals surface area contributed by atoms with E-state index in [9.17, 15) is 9.59 Å². The number of amides is 3. The molecule has 1 saturated heterocycles. The number of urea groups is 1. The van der Waals surface area contributed by atoms with Crippen molar-refractivity contribution in [3.8, 4) is 0 Å². The predicted molar refractivity (Wildman–Crippen MR) is 69.6 cm³/mol. The first kappa shape index (κ1) is 13.9. The van der Waals surface area contributed by atoms with E-state index in [2.05, 4.69) is 5.32 Å². The molecule has 1 unspecified atom stereocenters. The molecule has 0 spiro atoms. The summed E-state index contributed by atoms with van der Waals surface area (Å²) in [5, 5.41) is 2.72. The fourth-order valence-corrected chi connectivity index (χ4v) is 1.90. The zero-order valence-corrected chi connectivity index (χ0v) is 11.1. The van der Waals surface area contributed by atoms with E-state index in [4.69, 9.17) is 18.0 Å². The smallest absolute Gasteiger partial charge is 0.325 e. The lowest BCUT2D eigenvalue weighted by atomic mass is 9.99. The molecule has 0 bridgehead atoms. The highest BCUT2D eigenvalue weighted by Gasteiger charge is 2.45. The normalized spacial score (nSPS) is 24.0. The molecule has 1 fully saturated rings. The van der Waals surface area contributed by atoms with Gasteiger partial charge < -0.3 is 11.1 Å². The SMILES string of the molecule is CCC1(C)NC(=O)N(CCCCC(N)=S)C1=O. The highest BCUT2D eigenvalue weighted by molar-refractivity contribution is 7.80. The maximum Gasteiger partial charge on any atom is 0.325 e. The third-order valence-corrected chi connectivity index (χ3v) is 3.31. The maximum atomic E-state index is 12.0. The monoisotopic (exact) mass is 257 g/mol. The van der Waals surface area contributed by atoms with Crippen molar-refractivity contribution in [2.45, 2.75) is 45.1 Å². The molecule has 0 radical (unpaired) electrons. The number of nitrogens with one attached hydrogen (secondary N) is 1. The van der Waals surface area contributed by atoms with Crippen LogP contribution in [0.1, 0.15) is 39.5 Å². The van der Waals surface area contributed by atoms with E-state index in [-0.39, 0.29) is 11.9 Å². The lowest BCUT2D eigenvalue weighted by Gasteiger charge is -2.19. The lowest BCUT2D eigenvalue weighted by molar-refractivity contribution is -0.130. The van der Waals surface area contributed by atoms with Crippen LogP contribution in [0.2, 0.25) is 0 Å². The number of nitrogens with zero attached hydrogens (tertiary/aromatic N) is 1. The van der Waals surface area contributed by atoms with Crippen LogP contribution in [0.15, 0.2) is 0 Å². The average molecular weight is 257 g/mol. The molecule has 1 atom stereocenters. The summed E-state index contributed by atoms with van der Waals surface area (Å²) in [6, 6.07) is -0.297. The van der Waals surface area contributed by atoms with Gasteiger partial charge in [0, 0.05) is 6.54 Å². The zero-order valence-electron chi connectivity index (χ0n) is 10.3. The van der Waals surface area contributed by atoms with Gasteiger partial charge in [0.1, 0.15) is 5.54 Å². The summed E-state index contributed by atoms with van der Waals surface area (Å²) in [4.78, 5) is 25.4. The molecule has 17 heavy (non-hydrogen) atoms. The topological polar surface area (TPSA) is 75.4 Å². The second-order valence-corrected chi connectivity index (χ2v) is 5.02. The molecule has 0 saturated carbocycles. The van der Waals surface area contributed by atoms with Gasteiger partial charge in [-0.3, -0.25) is 9.69 Å². The van der Waals surface area contributed by atoms with Crippen LogP contribution >= 0.6 is 12.2 Å². The van der Waals surface area contributed by atoms with E-state index in [0.717, 1.165) is 12.8 Å². The standard InChI is InChI=1S/C11H19N3O2S/c1-3-11(2)9(15)14(10(16)13-11)7-5-4-6-8(12)17/h3-7H2,1-2H3,(H2,12,17)(H,13,16). The van der Waals surface area contributed by atoms with Crippen molar-refractivity contribution < 1.29 is 9.59 Å². The second-order valence-electron chi connectivity index (χ2n) is 4.50. The van der Waals surface area contributed by atoms with Crippen molar-refractivity contribution in [2.24, 2.45) is 5.73 Å². The Labute approximate surface area is 107 Å². The summed E-state index contributed by atoms with van der Waals surface area (Å²) in [6.07, 6.45) is 2.79. The number of thiocarbonyl (C=S) groups is 1. The van der Waals surface area contributed by atoms with Crippen LogP contribution < -0.4 is 11.1 Å². The summed E-state index contributed by atoms with van der Waals surface area (Å²) >= 11 is 4.76. The molecule has 0 aromatic heterocycles. The molecule has 0 aromatic rings. The number of imide groups is 1. The second kappa shape index (κ2) is 5.44. The highest BCUT2D eigenvalue weighted by Crippen LogP contribution is 2.21. The molecule has 3 N–H and O–H groups in total. The largest absolute Gasteiger partial charge is 0.393 e. The van der Waals surface area contributed by atoms with E-state index in [1.807, 2.05) is 6.92 Å². The van der Waals surface area contributed by atoms with Crippen LogP contribution in [-0.2, 0) is 4.79 Å². The first-order valence-corrected chi connectivity index (χ1v) is 6.24. The molecule has 1 heterocycles. The van der Waals surface area contributed by atoms with Crippen molar-refractivity contribution in [1.29, 1.82) is 0 Å². The number of rotatable bonds is 6. The Morgan fingerprint density at radius 1 is 1.47 bits per heavy atom. The molecule has 6 heteroatoms. The third-order valence-electron chi connectivity index (χ3n) is 3.11. The molecule has 5 nitrogen and oxygen atoms in total. The van der Waals surface area contributed by atoms with Crippen LogP contribution in [0.3, 0.4) is 0 Å². The van der Waals surface area contributed by atoms with Crippen LogP contribution in [0.4, 0.5) is 4.79 Å². The summed E-state index contributed by atoms with van der Waals surface area (Å²) < 4.78 is 0. The van der Waals surface area contributed by atoms with Crippen molar-refractivity contribution in [3.63, 3.8) is 0 Å². The molecule has 1 aliphatic rings. The first-order valence-electron chi connectivity index (χ1n) is 5.83. The Morgan fingerprint density at radius 3 is 2.59 bits per heavy atom. The molecule has 96 valence electrons. The third kappa shape index (κ3) is 3.15. The van der Waals surface area contributed by atoms with Gasteiger partial charge in [0.05, 0.1) is 4.99 Å². The van der Waals surface area contributed by atoms with Crippen molar-refractivity contribution >= 4 is 29.1 Å². The van der Waals surface area contributed by atoms with Gasteiger partial charge in [0.25, 0.3) is 5.91 Å². The minimum Gasteiger partial charge on any atom is -0.393 e. The van der Waals surface area contributed by atoms with Crippen LogP contribution in [0.25, 0.3) is 0 Å². The lowest BCUT2D eigenvalue weighted by Crippen LogP contribution is -2.43. The Balaban J connectivity index is 2.47. The highest BCUT2D eigenvalue weighted by atomic mass is 32.1. The van der Waals surface area contributed by atoms with Gasteiger partial charge in [-0.2, -0.15) is 0 Å². The van der Waals surface area contributed by atoms with E-state index >= 15 is 0 Å². The van der Waals surface area contributed by atoms with Crippen LogP contribution in [0, 0.1) is 0 Å². The quantitative estimate of drug-likeness (QED) is 0.425. The molecule has 1 rings (SSSR count). The van der Waals surface area contributed by atoms with E-state index < -0.39 is 5.54 Å². The Morgan fingerprint density at radius 2 is 2.12 bits per heavy atom. The Hall–Kier alpha value is -1.17. The number of hydrogen-bond acceptors (Lipinski definition) is 3.